The first kappa shape index (κ1) is 10.3. The van der Waals surface area contributed by atoms with Gasteiger partial charge in [0, 0.05) is 4.47 Å². The summed E-state index contributed by atoms with van der Waals surface area (Å²) in [5, 5.41) is 0. The van der Waals surface area contributed by atoms with Gasteiger partial charge in [-0.1, -0.05) is 53.7 Å². The van der Waals surface area contributed by atoms with Gasteiger partial charge in [0.15, 0.2) is 0 Å². The summed E-state index contributed by atoms with van der Waals surface area (Å²) in [6, 6.07) is 8.25. The second kappa shape index (κ2) is 5.03. The number of hydrogen-bond acceptors (Lipinski definition) is 0. The van der Waals surface area contributed by atoms with Gasteiger partial charge in [-0.3, -0.25) is 0 Å². The van der Waals surface area contributed by atoms with Crippen LogP contribution >= 0.6 is 15.9 Å². The van der Waals surface area contributed by atoms with E-state index in [0.717, 1.165) is 10.9 Å². The first-order valence-electron chi connectivity index (χ1n) is 4.36. The lowest BCUT2D eigenvalue weighted by Crippen LogP contribution is -1.79. The summed E-state index contributed by atoms with van der Waals surface area (Å²) in [5.41, 5.74) is 2.41. The van der Waals surface area contributed by atoms with Crippen molar-refractivity contribution in [2.24, 2.45) is 0 Å². The van der Waals surface area contributed by atoms with Crippen LogP contribution in [0.3, 0.4) is 0 Å². The van der Waals surface area contributed by atoms with E-state index in [0.29, 0.717) is 0 Å². The Morgan fingerprint density at radius 3 is 2.85 bits per heavy atom. The van der Waals surface area contributed by atoms with Crippen LogP contribution in [-0.2, 0) is 0 Å². The summed E-state index contributed by atoms with van der Waals surface area (Å²) in [4.78, 5) is 0. The Morgan fingerprint density at radius 2 is 2.31 bits per heavy atom. The highest BCUT2D eigenvalue weighted by atomic mass is 79.9. The van der Waals surface area contributed by atoms with Crippen LogP contribution in [0.1, 0.15) is 18.9 Å². The molecule has 0 atom stereocenters. The molecule has 1 aromatic carbocycles. The number of rotatable bonds is 3. The van der Waals surface area contributed by atoms with E-state index in [-0.39, 0.29) is 0 Å². The van der Waals surface area contributed by atoms with Crippen molar-refractivity contribution in [3.8, 4) is 0 Å². The van der Waals surface area contributed by atoms with Gasteiger partial charge in [-0.25, -0.2) is 0 Å². The summed E-state index contributed by atoms with van der Waals surface area (Å²) in [7, 11) is 0. The Hall–Kier alpha value is -0.820. The Morgan fingerprint density at radius 1 is 1.54 bits per heavy atom. The van der Waals surface area contributed by atoms with Crippen molar-refractivity contribution in [1.29, 1.82) is 0 Å². The van der Waals surface area contributed by atoms with Gasteiger partial charge < -0.3 is 0 Å². The van der Waals surface area contributed by atoms with E-state index in [4.69, 9.17) is 0 Å². The average molecular weight is 237 g/mol. The molecule has 1 aromatic rings. The number of hydrogen-bond donors (Lipinski definition) is 0. The molecule has 0 saturated heterocycles. The van der Waals surface area contributed by atoms with Crippen molar-refractivity contribution >= 4 is 21.5 Å². The molecule has 1 heteroatoms. The van der Waals surface area contributed by atoms with Gasteiger partial charge in [0.1, 0.15) is 0 Å². The Balaban J connectivity index is 3.05. The Bertz CT molecular complexity index is 324. The van der Waals surface area contributed by atoms with E-state index in [1.54, 1.807) is 0 Å². The molecule has 0 nitrogen and oxygen atoms in total. The minimum atomic E-state index is 1.04. The Kier molecular flexibility index (Phi) is 3.97. The predicted octanol–water partition coefficient (Wildman–Crippen LogP) is 4.43. The zero-order valence-electron chi connectivity index (χ0n) is 7.76. The van der Waals surface area contributed by atoms with Gasteiger partial charge in [0.25, 0.3) is 0 Å². The fourth-order valence-electron chi connectivity index (χ4n) is 1.21. The highest BCUT2D eigenvalue weighted by Crippen LogP contribution is 2.20. The molecule has 1 rings (SSSR count). The van der Waals surface area contributed by atoms with Gasteiger partial charge in [-0.15, -0.1) is 0 Å². The molecular formula is C12H13Br. The van der Waals surface area contributed by atoms with Gasteiger partial charge >= 0.3 is 0 Å². The topological polar surface area (TPSA) is 0 Å². The molecule has 0 spiro atoms. The highest BCUT2D eigenvalue weighted by molar-refractivity contribution is 9.10. The summed E-state index contributed by atoms with van der Waals surface area (Å²) in [6.45, 7) is 5.93. The molecule has 0 aliphatic heterocycles. The van der Waals surface area contributed by atoms with Crippen LogP contribution in [0.4, 0.5) is 0 Å². The molecule has 68 valence electrons. The van der Waals surface area contributed by atoms with E-state index in [1.807, 2.05) is 18.2 Å². The summed E-state index contributed by atoms with van der Waals surface area (Å²) in [6.07, 6.45) is 5.11. The molecule has 0 amide bonds. The summed E-state index contributed by atoms with van der Waals surface area (Å²) >= 11 is 3.45. The van der Waals surface area contributed by atoms with Crippen LogP contribution in [0.5, 0.6) is 0 Å². The fourth-order valence-corrected chi connectivity index (χ4v) is 1.61. The third kappa shape index (κ3) is 2.85. The minimum Gasteiger partial charge on any atom is -0.0985 e. The quantitative estimate of drug-likeness (QED) is 0.682. The SMILES string of the molecule is C=C/C(=C\CC)c1cccc(Br)c1. The van der Waals surface area contributed by atoms with Gasteiger partial charge in [-0.05, 0) is 29.7 Å². The molecule has 0 N–H and O–H groups in total. The fraction of sp³-hybridized carbons (Fsp3) is 0.167. The van der Waals surface area contributed by atoms with Gasteiger partial charge in [0.2, 0.25) is 0 Å². The zero-order chi connectivity index (χ0) is 9.68. The molecule has 0 heterocycles. The third-order valence-corrected chi connectivity index (χ3v) is 2.30. The molecule has 0 fully saturated rings. The first-order valence-corrected chi connectivity index (χ1v) is 5.15. The van der Waals surface area contributed by atoms with Crippen LogP contribution in [0.15, 0.2) is 47.5 Å². The third-order valence-electron chi connectivity index (χ3n) is 1.80. The maximum atomic E-state index is 3.80. The first-order chi connectivity index (χ1) is 6.27. The molecule has 0 saturated carbocycles. The highest BCUT2D eigenvalue weighted by Gasteiger charge is 1.96. The van der Waals surface area contributed by atoms with E-state index >= 15 is 0 Å². The van der Waals surface area contributed by atoms with Gasteiger partial charge in [0.05, 0.1) is 0 Å². The predicted molar refractivity (Wildman–Crippen MR) is 62.6 cm³/mol. The van der Waals surface area contributed by atoms with Crippen molar-refractivity contribution in [3.05, 3.63) is 53.0 Å². The molecule has 0 aromatic heterocycles. The van der Waals surface area contributed by atoms with E-state index in [1.165, 1.54) is 11.1 Å². The normalized spacial score (nSPS) is 11.4. The monoisotopic (exact) mass is 236 g/mol. The molecule has 0 unspecified atom stereocenters. The molecule has 13 heavy (non-hydrogen) atoms. The molecule has 0 radical (unpaired) electrons. The average Bonchev–Trinajstić information content (AvgIpc) is 2.14. The Labute approximate surface area is 88.1 Å². The standard InChI is InChI=1S/C12H13Br/c1-3-6-10(4-2)11-7-5-8-12(13)9-11/h4-9H,2-3H2,1H3/b10-6+. The lowest BCUT2D eigenvalue weighted by molar-refractivity contribution is 1.23. The van der Waals surface area contributed by atoms with Gasteiger partial charge in [-0.2, -0.15) is 0 Å². The van der Waals surface area contributed by atoms with E-state index < -0.39 is 0 Å². The molecule has 0 aliphatic rings. The number of halogens is 1. The van der Waals surface area contributed by atoms with Crippen LogP contribution < -0.4 is 0 Å². The maximum Gasteiger partial charge on any atom is 0.0181 e. The van der Waals surface area contributed by atoms with E-state index in [9.17, 15) is 0 Å². The number of allylic oxidation sites excluding steroid dienone is 3. The number of benzene rings is 1. The summed E-state index contributed by atoms with van der Waals surface area (Å²) < 4.78 is 1.11. The van der Waals surface area contributed by atoms with Crippen molar-refractivity contribution in [2.45, 2.75) is 13.3 Å². The molecular weight excluding hydrogens is 224 g/mol. The molecule has 0 aliphatic carbocycles. The van der Waals surface area contributed by atoms with Crippen LogP contribution in [0, 0.1) is 0 Å². The largest absolute Gasteiger partial charge is 0.0985 e. The van der Waals surface area contributed by atoms with Crippen molar-refractivity contribution < 1.29 is 0 Å². The van der Waals surface area contributed by atoms with Crippen LogP contribution in [0.25, 0.3) is 5.57 Å². The van der Waals surface area contributed by atoms with Crippen molar-refractivity contribution in [3.63, 3.8) is 0 Å². The smallest absolute Gasteiger partial charge is 0.0181 e. The molecule has 0 bridgehead atoms. The lowest BCUT2D eigenvalue weighted by Gasteiger charge is -2.02. The van der Waals surface area contributed by atoms with Crippen LogP contribution in [-0.4, -0.2) is 0 Å². The van der Waals surface area contributed by atoms with Crippen molar-refractivity contribution in [1.82, 2.24) is 0 Å². The lowest BCUT2D eigenvalue weighted by atomic mass is 10.1. The second-order valence-electron chi connectivity index (χ2n) is 2.78. The van der Waals surface area contributed by atoms with Crippen molar-refractivity contribution in [2.75, 3.05) is 0 Å². The second-order valence-corrected chi connectivity index (χ2v) is 3.70. The minimum absolute atomic E-state index is 1.04. The summed E-state index contributed by atoms with van der Waals surface area (Å²) in [5.74, 6) is 0. The maximum absolute atomic E-state index is 3.80. The zero-order valence-corrected chi connectivity index (χ0v) is 9.34. The van der Waals surface area contributed by atoms with E-state index in [2.05, 4.69) is 47.6 Å². The van der Waals surface area contributed by atoms with Crippen LogP contribution in [0.2, 0.25) is 0 Å².